The molecule has 3 heteroatoms. The van der Waals surface area contributed by atoms with Crippen molar-refractivity contribution in [3.05, 3.63) is 0 Å². The van der Waals surface area contributed by atoms with Crippen molar-refractivity contribution in [1.29, 1.82) is 0 Å². The van der Waals surface area contributed by atoms with Crippen LogP contribution in [0.3, 0.4) is 0 Å². The maximum absolute atomic E-state index is 10.4. The molecule has 1 aliphatic heterocycles. The summed E-state index contributed by atoms with van der Waals surface area (Å²) in [5.74, 6) is 0. The number of aliphatic hydroxyl groups is 1. The molecule has 2 aliphatic rings. The SMILES string of the molecule is OC1(CCCN2CCNCC2)CCCCC1. The second-order valence-corrected chi connectivity index (χ2v) is 5.48. The van der Waals surface area contributed by atoms with E-state index in [1.54, 1.807) is 0 Å². The summed E-state index contributed by atoms with van der Waals surface area (Å²) in [5.41, 5.74) is -0.313. The fourth-order valence-electron chi connectivity index (χ4n) is 3.03. The number of rotatable bonds is 4. The molecular weight excluding hydrogens is 200 g/mol. The summed E-state index contributed by atoms with van der Waals surface area (Å²) in [6, 6.07) is 0. The van der Waals surface area contributed by atoms with Gasteiger partial charge in [0.25, 0.3) is 0 Å². The van der Waals surface area contributed by atoms with Gasteiger partial charge in [-0.3, -0.25) is 0 Å². The van der Waals surface area contributed by atoms with Crippen LogP contribution in [0.4, 0.5) is 0 Å². The van der Waals surface area contributed by atoms with E-state index < -0.39 is 0 Å². The number of hydrogen-bond acceptors (Lipinski definition) is 3. The Bertz CT molecular complexity index is 196. The van der Waals surface area contributed by atoms with E-state index in [1.807, 2.05) is 0 Å². The van der Waals surface area contributed by atoms with E-state index in [9.17, 15) is 5.11 Å². The van der Waals surface area contributed by atoms with Gasteiger partial charge in [0, 0.05) is 26.2 Å². The molecule has 0 unspecified atom stereocenters. The van der Waals surface area contributed by atoms with Crippen LogP contribution >= 0.6 is 0 Å². The molecule has 0 spiro atoms. The van der Waals surface area contributed by atoms with E-state index in [-0.39, 0.29) is 5.60 Å². The number of nitrogens with zero attached hydrogens (tertiary/aromatic N) is 1. The van der Waals surface area contributed by atoms with Crippen molar-refractivity contribution in [1.82, 2.24) is 10.2 Å². The molecule has 0 bridgehead atoms. The summed E-state index contributed by atoms with van der Waals surface area (Å²) in [5, 5.41) is 13.7. The zero-order valence-electron chi connectivity index (χ0n) is 10.4. The monoisotopic (exact) mass is 226 g/mol. The van der Waals surface area contributed by atoms with Crippen LogP contribution in [0.25, 0.3) is 0 Å². The minimum absolute atomic E-state index is 0.313. The fraction of sp³-hybridized carbons (Fsp3) is 1.00. The molecule has 0 atom stereocenters. The van der Waals surface area contributed by atoms with Gasteiger partial charge in [0.1, 0.15) is 0 Å². The molecule has 2 fully saturated rings. The predicted molar refractivity (Wildman–Crippen MR) is 66.6 cm³/mol. The van der Waals surface area contributed by atoms with E-state index in [0.29, 0.717) is 0 Å². The van der Waals surface area contributed by atoms with Gasteiger partial charge in [0.05, 0.1) is 5.60 Å². The van der Waals surface area contributed by atoms with E-state index in [2.05, 4.69) is 10.2 Å². The first-order valence-electron chi connectivity index (χ1n) is 6.94. The van der Waals surface area contributed by atoms with Gasteiger partial charge in [0.15, 0.2) is 0 Å². The largest absolute Gasteiger partial charge is 0.390 e. The smallest absolute Gasteiger partial charge is 0.0648 e. The molecule has 3 nitrogen and oxygen atoms in total. The quantitative estimate of drug-likeness (QED) is 0.760. The molecule has 2 N–H and O–H groups in total. The Balaban J connectivity index is 1.62. The Hall–Kier alpha value is -0.120. The Kier molecular flexibility index (Phi) is 4.62. The van der Waals surface area contributed by atoms with Crippen molar-refractivity contribution >= 4 is 0 Å². The average molecular weight is 226 g/mol. The Morgan fingerprint density at radius 2 is 1.75 bits per heavy atom. The molecule has 2 rings (SSSR count). The van der Waals surface area contributed by atoms with E-state index >= 15 is 0 Å². The summed E-state index contributed by atoms with van der Waals surface area (Å²) < 4.78 is 0. The number of hydrogen-bond donors (Lipinski definition) is 2. The Labute approximate surface area is 99.2 Å². The van der Waals surface area contributed by atoms with Crippen molar-refractivity contribution in [2.45, 2.75) is 50.5 Å². The molecule has 94 valence electrons. The van der Waals surface area contributed by atoms with Crippen molar-refractivity contribution in [3.8, 4) is 0 Å². The lowest BCUT2D eigenvalue weighted by molar-refractivity contribution is -0.00750. The molecule has 0 radical (unpaired) electrons. The molecule has 1 heterocycles. The normalized spacial score (nSPS) is 26.8. The van der Waals surface area contributed by atoms with Crippen molar-refractivity contribution in [2.75, 3.05) is 32.7 Å². The topological polar surface area (TPSA) is 35.5 Å². The third-order valence-corrected chi connectivity index (χ3v) is 4.11. The molecule has 1 aliphatic carbocycles. The van der Waals surface area contributed by atoms with Crippen LogP contribution in [0.5, 0.6) is 0 Å². The average Bonchev–Trinajstić information content (AvgIpc) is 2.31. The first-order chi connectivity index (χ1) is 7.79. The Morgan fingerprint density at radius 1 is 1.06 bits per heavy atom. The summed E-state index contributed by atoms with van der Waals surface area (Å²) >= 11 is 0. The van der Waals surface area contributed by atoms with Gasteiger partial charge in [-0.15, -0.1) is 0 Å². The third kappa shape index (κ3) is 3.72. The number of nitrogens with one attached hydrogen (secondary N) is 1. The lowest BCUT2D eigenvalue weighted by atomic mass is 9.82. The summed E-state index contributed by atoms with van der Waals surface area (Å²) in [7, 11) is 0. The van der Waals surface area contributed by atoms with E-state index in [1.165, 1.54) is 38.9 Å². The van der Waals surface area contributed by atoms with E-state index in [4.69, 9.17) is 0 Å². The summed E-state index contributed by atoms with van der Waals surface area (Å²) in [6.07, 6.45) is 8.02. The maximum Gasteiger partial charge on any atom is 0.0648 e. The van der Waals surface area contributed by atoms with Gasteiger partial charge < -0.3 is 15.3 Å². The van der Waals surface area contributed by atoms with Crippen LogP contribution in [0.2, 0.25) is 0 Å². The molecular formula is C13H26N2O. The fourth-order valence-corrected chi connectivity index (χ4v) is 3.03. The maximum atomic E-state index is 10.4. The highest BCUT2D eigenvalue weighted by molar-refractivity contribution is 4.82. The standard InChI is InChI=1S/C13H26N2O/c16-13(5-2-1-3-6-13)7-4-10-15-11-8-14-9-12-15/h14,16H,1-12H2. The lowest BCUT2D eigenvalue weighted by Gasteiger charge is -2.33. The highest BCUT2D eigenvalue weighted by atomic mass is 16.3. The highest BCUT2D eigenvalue weighted by Crippen LogP contribution is 2.31. The first-order valence-corrected chi connectivity index (χ1v) is 6.94. The molecule has 0 aromatic heterocycles. The third-order valence-electron chi connectivity index (χ3n) is 4.11. The van der Waals surface area contributed by atoms with Crippen LogP contribution in [0.1, 0.15) is 44.9 Å². The molecule has 0 aromatic rings. The number of piperazine rings is 1. The zero-order chi connectivity index (χ0) is 11.3. The first kappa shape index (κ1) is 12.3. The zero-order valence-corrected chi connectivity index (χ0v) is 10.4. The van der Waals surface area contributed by atoms with Gasteiger partial charge >= 0.3 is 0 Å². The van der Waals surface area contributed by atoms with Gasteiger partial charge in [-0.25, -0.2) is 0 Å². The molecule has 16 heavy (non-hydrogen) atoms. The van der Waals surface area contributed by atoms with Gasteiger partial charge in [-0.05, 0) is 32.2 Å². The molecule has 0 aromatic carbocycles. The second-order valence-electron chi connectivity index (χ2n) is 5.48. The van der Waals surface area contributed by atoms with Gasteiger partial charge in [-0.2, -0.15) is 0 Å². The predicted octanol–water partition coefficient (Wildman–Crippen LogP) is 1.37. The van der Waals surface area contributed by atoms with Crippen LogP contribution in [-0.4, -0.2) is 48.3 Å². The van der Waals surface area contributed by atoms with Crippen LogP contribution in [0.15, 0.2) is 0 Å². The highest BCUT2D eigenvalue weighted by Gasteiger charge is 2.28. The molecule has 1 saturated carbocycles. The molecule has 0 amide bonds. The lowest BCUT2D eigenvalue weighted by Crippen LogP contribution is -2.44. The van der Waals surface area contributed by atoms with Crippen LogP contribution in [-0.2, 0) is 0 Å². The van der Waals surface area contributed by atoms with Gasteiger partial charge in [-0.1, -0.05) is 19.3 Å². The second kappa shape index (κ2) is 5.99. The summed E-state index contributed by atoms with van der Waals surface area (Å²) in [6.45, 7) is 5.79. The van der Waals surface area contributed by atoms with Crippen LogP contribution < -0.4 is 5.32 Å². The molecule has 1 saturated heterocycles. The van der Waals surface area contributed by atoms with E-state index in [0.717, 1.165) is 38.8 Å². The van der Waals surface area contributed by atoms with Crippen molar-refractivity contribution < 1.29 is 5.11 Å². The van der Waals surface area contributed by atoms with Crippen molar-refractivity contribution in [2.24, 2.45) is 0 Å². The summed E-state index contributed by atoms with van der Waals surface area (Å²) in [4.78, 5) is 2.52. The van der Waals surface area contributed by atoms with Crippen molar-refractivity contribution in [3.63, 3.8) is 0 Å². The minimum atomic E-state index is -0.313. The minimum Gasteiger partial charge on any atom is -0.390 e. The van der Waals surface area contributed by atoms with Crippen LogP contribution in [0, 0.1) is 0 Å². The Morgan fingerprint density at radius 3 is 2.44 bits per heavy atom. The van der Waals surface area contributed by atoms with Gasteiger partial charge in [0.2, 0.25) is 0 Å².